The summed E-state index contributed by atoms with van der Waals surface area (Å²) in [6.45, 7) is 0. The van der Waals surface area contributed by atoms with Crippen LogP contribution in [0.25, 0.3) is 106 Å². The molecule has 0 aliphatic heterocycles. The topological polar surface area (TPSA) is 56.7 Å². The Hall–Kier alpha value is -7.63. The molecular weight excluding hydrogens is 685 g/mol. The molecule has 11 aromatic rings. The summed E-state index contributed by atoms with van der Waals surface area (Å²) in [4.78, 5) is 14.8. The fourth-order valence-corrected chi connectivity index (χ4v) is 7.90. The quantitative estimate of drug-likeness (QED) is 0.172. The molecule has 0 amide bonds. The van der Waals surface area contributed by atoms with Gasteiger partial charge in [0.25, 0.3) is 0 Å². The molecule has 0 spiro atoms. The van der Waals surface area contributed by atoms with Gasteiger partial charge in [-0.15, -0.1) is 0 Å². The van der Waals surface area contributed by atoms with Gasteiger partial charge in [0.15, 0.2) is 17.5 Å². The van der Waals surface area contributed by atoms with E-state index in [2.05, 4.69) is 132 Å². The molecule has 0 N–H and O–H groups in total. The van der Waals surface area contributed by atoms with E-state index < -0.39 is 0 Å². The van der Waals surface area contributed by atoms with Gasteiger partial charge in [0, 0.05) is 50.0 Å². The summed E-state index contributed by atoms with van der Waals surface area (Å²) in [6, 6.07) is 67.6. The molecule has 3 heterocycles. The molecule has 0 aliphatic carbocycles. The van der Waals surface area contributed by atoms with Crippen LogP contribution in [-0.4, -0.2) is 19.5 Å². The molecule has 0 saturated heterocycles. The third-order valence-electron chi connectivity index (χ3n) is 10.7. The first-order valence-electron chi connectivity index (χ1n) is 18.8. The molecule has 5 nitrogen and oxygen atoms in total. The SMILES string of the molecule is c1ccc(-c2ccc3c(c2)c2cc(-c4ccccc4)ccc2n3-c2ccc3c(c2)oc2cc(-c4nc(-c5ccccc5)nc(-c5ccccc5)n4)ccc23)cc1. The van der Waals surface area contributed by atoms with Crippen LogP contribution in [0.1, 0.15) is 0 Å². The van der Waals surface area contributed by atoms with E-state index in [9.17, 15) is 0 Å². The molecule has 0 fully saturated rings. The fourth-order valence-electron chi connectivity index (χ4n) is 7.90. The summed E-state index contributed by atoms with van der Waals surface area (Å²) in [5.74, 6) is 1.85. The molecule has 11 rings (SSSR count). The summed E-state index contributed by atoms with van der Waals surface area (Å²) < 4.78 is 9.03. The molecule has 8 aromatic carbocycles. The van der Waals surface area contributed by atoms with Crippen LogP contribution in [-0.2, 0) is 0 Å². The van der Waals surface area contributed by atoms with Crippen molar-refractivity contribution in [1.29, 1.82) is 0 Å². The van der Waals surface area contributed by atoms with E-state index >= 15 is 0 Å². The van der Waals surface area contributed by atoms with Crippen molar-refractivity contribution < 1.29 is 4.42 Å². The third kappa shape index (κ3) is 5.45. The van der Waals surface area contributed by atoms with Gasteiger partial charge in [-0.3, -0.25) is 0 Å². The van der Waals surface area contributed by atoms with Crippen molar-refractivity contribution in [3.05, 3.63) is 194 Å². The van der Waals surface area contributed by atoms with Crippen LogP contribution in [0.3, 0.4) is 0 Å². The Bertz CT molecular complexity index is 3070. The van der Waals surface area contributed by atoms with Crippen LogP contribution in [0, 0.1) is 0 Å². The molecule has 0 unspecified atom stereocenters. The van der Waals surface area contributed by atoms with Gasteiger partial charge >= 0.3 is 0 Å². The van der Waals surface area contributed by atoms with Crippen molar-refractivity contribution >= 4 is 43.7 Å². The molecule has 5 heteroatoms. The molecule has 0 atom stereocenters. The van der Waals surface area contributed by atoms with E-state index in [-0.39, 0.29) is 0 Å². The van der Waals surface area contributed by atoms with Crippen LogP contribution >= 0.6 is 0 Å². The summed E-state index contributed by atoms with van der Waals surface area (Å²) in [7, 11) is 0. The van der Waals surface area contributed by atoms with Crippen LogP contribution in [0.5, 0.6) is 0 Å². The Morgan fingerprint density at radius 1 is 0.304 bits per heavy atom. The summed E-state index contributed by atoms with van der Waals surface area (Å²) in [5.41, 5.74) is 12.4. The second kappa shape index (κ2) is 13.0. The average molecular weight is 717 g/mol. The van der Waals surface area contributed by atoms with Gasteiger partial charge in [-0.1, -0.05) is 140 Å². The average Bonchev–Trinajstić information content (AvgIpc) is 3.81. The zero-order valence-corrected chi connectivity index (χ0v) is 30.2. The first kappa shape index (κ1) is 31.9. The lowest BCUT2D eigenvalue weighted by Gasteiger charge is -2.09. The van der Waals surface area contributed by atoms with Gasteiger partial charge in [-0.2, -0.15) is 0 Å². The molecule has 0 aliphatic rings. The first-order valence-corrected chi connectivity index (χ1v) is 18.8. The van der Waals surface area contributed by atoms with Gasteiger partial charge < -0.3 is 8.98 Å². The first-order chi connectivity index (χ1) is 27.7. The van der Waals surface area contributed by atoms with E-state index in [1.54, 1.807) is 0 Å². The smallest absolute Gasteiger partial charge is 0.164 e. The molecule has 262 valence electrons. The highest BCUT2D eigenvalue weighted by molar-refractivity contribution is 6.12. The standard InChI is InChI=1S/C51H32N4O/c1-5-13-33(14-6-1)37-22-27-45-43(29-37)44-30-38(34-15-7-2-8-16-34)23-28-46(44)55(45)40-24-26-42-41-25-21-39(31-47(41)56-48(42)32-40)51-53-49(35-17-9-3-10-18-35)52-50(54-51)36-19-11-4-12-20-36/h1-32H. The molecule has 0 saturated carbocycles. The van der Waals surface area contributed by atoms with Crippen molar-refractivity contribution in [2.45, 2.75) is 0 Å². The number of rotatable bonds is 6. The predicted octanol–water partition coefficient (Wildman–Crippen LogP) is 13.2. The van der Waals surface area contributed by atoms with Crippen LogP contribution in [0.4, 0.5) is 0 Å². The zero-order chi connectivity index (χ0) is 37.0. The predicted molar refractivity (Wildman–Crippen MR) is 229 cm³/mol. The van der Waals surface area contributed by atoms with Gasteiger partial charge in [-0.05, 0) is 70.8 Å². The van der Waals surface area contributed by atoms with E-state index in [0.717, 1.165) is 55.3 Å². The van der Waals surface area contributed by atoms with Crippen molar-refractivity contribution in [1.82, 2.24) is 19.5 Å². The normalized spacial score (nSPS) is 11.6. The minimum atomic E-state index is 0.593. The maximum Gasteiger partial charge on any atom is 0.164 e. The molecule has 56 heavy (non-hydrogen) atoms. The Kier molecular flexibility index (Phi) is 7.42. The molecule has 0 radical (unpaired) electrons. The maximum absolute atomic E-state index is 6.68. The number of aromatic nitrogens is 4. The van der Waals surface area contributed by atoms with Gasteiger partial charge in [0.1, 0.15) is 11.2 Å². The van der Waals surface area contributed by atoms with E-state index in [1.165, 1.54) is 33.0 Å². The summed E-state index contributed by atoms with van der Waals surface area (Å²) >= 11 is 0. The zero-order valence-electron chi connectivity index (χ0n) is 30.2. The second-order valence-corrected chi connectivity index (χ2v) is 14.1. The highest BCUT2D eigenvalue weighted by Crippen LogP contribution is 2.39. The lowest BCUT2D eigenvalue weighted by atomic mass is 10.0. The van der Waals surface area contributed by atoms with Crippen LogP contribution < -0.4 is 0 Å². The second-order valence-electron chi connectivity index (χ2n) is 14.1. The lowest BCUT2D eigenvalue weighted by Crippen LogP contribution is -2.00. The van der Waals surface area contributed by atoms with E-state index in [0.29, 0.717) is 17.5 Å². The number of fused-ring (bicyclic) bond motifs is 6. The number of hydrogen-bond acceptors (Lipinski definition) is 4. The highest BCUT2D eigenvalue weighted by Gasteiger charge is 2.18. The molecular formula is C51H32N4O. The fraction of sp³-hybridized carbons (Fsp3) is 0. The number of hydrogen-bond donors (Lipinski definition) is 0. The molecule has 3 aromatic heterocycles. The summed E-state index contributed by atoms with van der Waals surface area (Å²) in [5, 5.41) is 4.50. The molecule has 0 bridgehead atoms. The lowest BCUT2D eigenvalue weighted by molar-refractivity contribution is 0.668. The Balaban J connectivity index is 1.05. The maximum atomic E-state index is 6.68. The minimum absolute atomic E-state index is 0.593. The third-order valence-corrected chi connectivity index (χ3v) is 10.7. The van der Waals surface area contributed by atoms with Crippen LogP contribution in [0.2, 0.25) is 0 Å². The Labute approximate surface area is 322 Å². The number of furan rings is 1. The van der Waals surface area contributed by atoms with Crippen molar-refractivity contribution in [2.75, 3.05) is 0 Å². The number of nitrogens with zero attached hydrogens (tertiary/aromatic N) is 4. The van der Waals surface area contributed by atoms with Crippen LogP contribution in [0.15, 0.2) is 199 Å². The Morgan fingerprint density at radius 2 is 0.714 bits per heavy atom. The minimum Gasteiger partial charge on any atom is -0.456 e. The summed E-state index contributed by atoms with van der Waals surface area (Å²) in [6.07, 6.45) is 0. The Morgan fingerprint density at radius 3 is 1.21 bits per heavy atom. The van der Waals surface area contributed by atoms with Gasteiger partial charge in [-0.25, -0.2) is 15.0 Å². The van der Waals surface area contributed by atoms with E-state index in [4.69, 9.17) is 19.4 Å². The van der Waals surface area contributed by atoms with Crippen molar-refractivity contribution in [2.24, 2.45) is 0 Å². The monoisotopic (exact) mass is 716 g/mol. The van der Waals surface area contributed by atoms with Crippen molar-refractivity contribution in [3.8, 4) is 62.1 Å². The van der Waals surface area contributed by atoms with E-state index in [1.807, 2.05) is 66.7 Å². The van der Waals surface area contributed by atoms with Gasteiger partial charge in [0.05, 0.1) is 11.0 Å². The largest absolute Gasteiger partial charge is 0.456 e. The van der Waals surface area contributed by atoms with Gasteiger partial charge in [0.2, 0.25) is 0 Å². The highest BCUT2D eigenvalue weighted by atomic mass is 16.3. The number of benzene rings is 8. The van der Waals surface area contributed by atoms with Crippen molar-refractivity contribution in [3.63, 3.8) is 0 Å².